The highest BCUT2D eigenvalue weighted by Crippen LogP contribution is 2.10. The molecular formula is C13H29NO3S. The van der Waals surface area contributed by atoms with Crippen LogP contribution < -0.4 is 0 Å². The molecule has 0 aromatic carbocycles. The first-order valence-corrected chi connectivity index (χ1v) is 8.51. The van der Waals surface area contributed by atoms with Gasteiger partial charge >= 0.3 is 0 Å². The second-order valence-corrected chi connectivity index (χ2v) is 7.19. The van der Waals surface area contributed by atoms with Gasteiger partial charge < -0.3 is 4.74 Å². The summed E-state index contributed by atoms with van der Waals surface area (Å²) >= 11 is 0. The Bertz CT molecular complexity index is 289. The van der Waals surface area contributed by atoms with Gasteiger partial charge in [0.15, 0.2) is 0 Å². The molecule has 0 aliphatic rings. The third kappa shape index (κ3) is 8.06. The van der Waals surface area contributed by atoms with Crippen molar-refractivity contribution >= 4 is 10.0 Å². The summed E-state index contributed by atoms with van der Waals surface area (Å²) in [7, 11) is -1.51. The summed E-state index contributed by atoms with van der Waals surface area (Å²) in [5, 5.41) is 0. The van der Waals surface area contributed by atoms with E-state index in [9.17, 15) is 8.42 Å². The Balaban J connectivity index is 4.40. The van der Waals surface area contributed by atoms with Gasteiger partial charge in [-0.15, -0.1) is 0 Å². The monoisotopic (exact) mass is 279 g/mol. The van der Waals surface area contributed by atoms with Gasteiger partial charge in [0.2, 0.25) is 10.0 Å². The Labute approximate surface area is 113 Å². The van der Waals surface area contributed by atoms with Crippen molar-refractivity contribution in [3.8, 4) is 0 Å². The number of sulfonamides is 1. The predicted octanol–water partition coefficient (Wildman–Crippen LogP) is 2.50. The second kappa shape index (κ2) is 9.75. The summed E-state index contributed by atoms with van der Waals surface area (Å²) in [5.41, 5.74) is 0. The van der Waals surface area contributed by atoms with Gasteiger partial charge in [0, 0.05) is 20.2 Å². The largest absolute Gasteiger partial charge is 0.383 e. The van der Waals surface area contributed by atoms with Crippen LogP contribution in [0, 0.1) is 5.92 Å². The van der Waals surface area contributed by atoms with Crippen LogP contribution in [0.15, 0.2) is 0 Å². The van der Waals surface area contributed by atoms with Crippen molar-refractivity contribution in [3.63, 3.8) is 0 Å². The number of ether oxygens (including phenoxy) is 1. The number of hydrogen-bond acceptors (Lipinski definition) is 3. The van der Waals surface area contributed by atoms with Gasteiger partial charge in [0.05, 0.1) is 12.4 Å². The van der Waals surface area contributed by atoms with Crippen LogP contribution in [0.25, 0.3) is 0 Å². The molecule has 110 valence electrons. The molecule has 0 fully saturated rings. The zero-order valence-corrected chi connectivity index (χ0v) is 13.1. The molecule has 0 aromatic rings. The lowest BCUT2D eigenvalue weighted by Gasteiger charge is -2.22. The van der Waals surface area contributed by atoms with E-state index in [1.807, 2.05) is 0 Å². The van der Waals surface area contributed by atoms with Crippen molar-refractivity contribution in [2.24, 2.45) is 5.92 Å². The first-order chi connectivity index (χ1) is 8.44. The molecule has 0 radical (unpaired) electrons. The lowest BCUT2D eigenvalue weighted by atomic mass is 10.1. The van der Waals surface area contributed by atoms with E-state index in [4.69, 9.17) is 4.74 Å². The molecule has 0 heterocycles. The number of hydrogen-bond donors (Lipinski definition) is 0. The summed E-state index contributed by atoms with van der Waals surface area (Å²) in [4.78, 5) is 0. The van der Waals surface area contributed by atoms with Gasteiger partial charge in [0.1, 0.15) is 0 Å². The Morgan fingerprint density at radius 1 is 1.17 bits per heavy atom. The third-order valence-electron chi connectivity index (χ3n) is 2.90. The smallest absolute Gasteiger partial charge is 0.214 e. The third-order valence-corrected chi connectivity index (χ3v) is 4.86. The molecule has 5 heteroatoms. The fourth-order valence-corrected chi connectivity index (χ4v) is 3.21. The van der Waals surface area contributed by atoms with Gasteiger partial charge in [-0.3, -0.25) is 0 Å². The molecule has 4 nitrogen and oxygen atoms in total. The highest BCUT2D eigenvalue weighted by molar-refractivity contribution is 7.89. The van der Waals surface area contributed by atoms with Crippen LogP contribution in [0.2, 0.25) is 0 Å². The van der Waals surface area contributed by atoms with Crippen LogP contribution in [0.4, 0.5) is 0 Å². The lowest BCUT2D eigenvalue weighted by Crippen LogP contribution is -2.36. The van der Waals surface area contributed by atoms with Crippen LogP contribution in [-0.4, -0.2) is 45.3 Å². The van der Waals surface area contributed by atoms with E-state index in [0.717, 1.165) is 25.7 Å². The van der Waals surface area contributed by atoms with Crippen LogP contribution >= 0.6 is 0 Å². The lowest BCUT2D eigenvalue weighted by molar-refractivity contribution is 0.177. The van der Waals surface area contributed by atoms with Crippen LogP contribution in [0.5, 0.6) is 0 Å². The number of methoxy groups -OCH3 is 1. The summed E-state index contributed by atoms with van der Waals surface area (Å²) in [6.07, 6.45) is 3.67. The van der Waals surface area contributed by atoms with Crippen molar-refractivity contribution in [1.82, 2.24) is 4.31 Å². The molecule has 0 saturated carbocycles. The second-order valence-electron chi connectivity index (χ2n) is 5.10. The Morgan fingerprint density at radius 3 is 2.33 bits per heavy atom. The molecule has 0 spiro atoms. The fourth-order valence-electron chi connectivity index (χ4n) is 1.65. The van der Waals surface area contributed by atoms with Crippen molar-refractivity contribution in [2.75, 3.05) is 32.6 Å². The summed E-state index contributed by atoms with van der Waals surface area (Å²) in [5.74, 6) is 0.781. The first kappa shape index (κ1) is 17.9. The van der Waals surface area contributed by atoms with E-state index in [2.05, 4.69) is 20.8 Å². The minimum atomic E-state index is -3.11. The topological polar surface area (TPSA) is 46.6 Å². The van der Waals surface area contributed by atoms with E-state index in [1.165, 1.54) is 0 Å². The molecule has 0 N–H and O–H groups in total. The molecule has 0 bridgehead atoms. The SMILES string of the molecule is CCCCCS(=O)(=O)N(CCOC)CCC(C)C. The van der Waals surface area contributed by atoms with E-state index in [1.54, 1.807) is 11.4 Å². The van der Waals surface area contributed by atoms with E-state index in [0.29, 0.717) is 25.6 Å². The van der Waals surface area contributed by atoms with Gasteiger partial charge in [-0.05, 0) is 18.8 Å². The van der Waals surface area contributed by atoms with Gasteiger partial charge in [-0.1, -0.05) is 33.6 Å². The molecular weight excluding hydrogens is 250 g/mol. The van der Waals surface area contributed by atoms with Gasteiger partial charge in [-0.2, -0.15) is 4.31 Å². The number of nitrogens with zero attached hydrogens (tertiary/aromatic N) is 1. The first-order valence-electron chi connectivity index (χ1n) is 6.90. The molecule has 0 unspecified atom stereocenters. The molecule has 0 amide bonds. The predicted molar refractivity (Wildman–Crippen MR) is 76.2 cm³/mol. The fraction of sp³-hybridized carbons (Fsp3) is 1.00. The van der Waals surface area contributed by atoms with E-state index >= 15 is 0 Å². The van der Waals surface area contributed by atoms with Crippen molar-refractivity contribution in [2.45, 2.75) is 46.5 Å². The van der Waals surface area contributed by atoms with Crippen LogP contribution in [-0.2, 0) is 14.8 Å². The highest BCUT2D eigenvalue weighted by Gasteiger charge is 2.21. The van der Waals surface area contributed by atoms with Crippen LogP contribution in [0.3, 0.4) is 0 Å². The van der Waals surface area contributed by atoms with E-state index < -0.39 is 10.0 Å². The average Bonchev–Trinajstić information content (AvgIpc) is 2.28. The molecule has 18 heavy (non-hydrogen) atoms. The van der Waals surface area contributed by atoms with Crippen molar-refractivity contribution in [1.29, 1.82) is 0 Å². The van der Waals surface area contributed by atoms with Crippen molar-refractivity contribution in [3.05, 3.63) is 0 Å². The Morgan fingerprint density at radius 2 is 1.83 bits per heavy atom. The number of rotatable bonds is 11. The maximum absolute atomic E-state index is 12.2. The summed E-state index contributed by atoms with van der Waals surface area (Å²) in [6, 6.07) is 0. The highest BCUT2D eigenvalue weighted by atomic mass is 32.2. The zero-order valence-electron chi connectivity index (χ0n) is 12.3. The maximum atomic E-state index is 12.2. The molecule has 0 rings (SSSR count). The quantitative estimate of drug-likeness (QED) is 0.546. The molecule has 0 saturated heterocycles. The molecule has 0 aliphatic heterocycles. The number of unbranched alkanes of at least 4 members (excludes halogenated alkanes) is 2. The molecule has 0 aromatic heterocycles. The van der Waals surface area contributed by atoms with Gasteiger partial charge in [0.25, 0.3) is 0 Å². The minimum Gasteiger partial charge on any atom is -0.383 e. The molecule has 0 atom stereocenters. The van der Waals surface area contributed by atoms with Gasteiger partial charge in [-0.25, -0.2) is 8.42 Å². The van der Waals surface area contributed by atoms with E-state index in [-0.39, 0.29) is 5.75 Å². The van der Waals surface area contributed by atoms with Crippen LogP contribution in [0.1, 0.15) is 46.5 Å². The summed E-state index contributed by atoms with van der Waals surface area (Å²) < 4.78 is 31.0. The normalized spacial score (nSPS) is 12.6. The molecule has 0 aliphatic carbocycles. The standard InChI is InChI=1S/C13H29NO3S/c1-5-6-7-12-18(15,16)14(10-11-17-4)9-8-13(2)3/h13H,5-12H2,1-4H3. The average molecular weight is 279 g/mol. The summed E-state index contributed by atoms with van der Waals surface area (Å²) in [6.45, 7) is 7.84. The maximum Gasteiger partial charge on any atom is 0.214 e. The Hall–Kier alpha value is -0.130. The zero-order chi connectivity index (χ0) is 14.0. The van der Waals surface area contributed by atoms with Crippen molar-refractivity contribution < 1.29 is 13.2 Å². The Kier molecular flexibility index (Phi) is 9.68. The minimum absolute atomic E-state index is 0.267.